The standard InChI is InChI=1S/C23H17F3N4O3/c1-2-33-16-8-7-11-5-3-4-6-13(11)17(16)23(32)30-22-19(20(27)31)28-21(29-22)12-9-14(24)18(26)15(25)10-12/h3-10H,2H2,1H3,(H2,27,31)(H,28,29)(H,30,32). The highest BCUT2D eigenvalue weighted by Gasteiger charge is 2.23. The van der Waals surface area contributed by atoms with Crippen molar-refractivity contribution in [1.82, 2.24) is 9.97 Å². The third-order valence-electron chi connectivity index (χ3n) is 4.86. The monoisotopic (exact) mass is 454 g/mol. The van der Waals surface area contributed by atoms with E-state index in [1.165, 1.54) is 0 Å². The van der Waals surface area contributed by atoms with Crippen molar-refractivity contribution in [2.24, 2.45) is 5.73 Å². The zero-order valence-corrected chi connectivity index (χ0v) is 17.2. The van der Waals surface area contributed by atoms with Gasteiger partial charge in [-0.2, -0.15) is 0 Å². The number of aromatic amines is 1. The van der Waals surface area contributed by atoms with E-state index >= 15 is 0 Å². The highest BCUT2D eigenvalue weighted by atomic mass is 19.2. The number of halogens is 3. The van der Waals surface area contributed by atoms with Crippen LogP contribution in [0.15, 0.2) is 48.5 Å². The number of primary amides is 1. The largest absolute Gasteiger partial charge is 0.493 e. The Morgan fingerprint density at radius 2 is 1.79 bits per heavy atom. The fraction of sp³-hybridized carbons (Fsp3) is 0.0870. The van der Waals surface area contributed by atoms with Crippen LogP contribution in [0.2, 0.25) is 0 Å². The molecule has 4 aromatic rings. The molecule has 0 aliphatic rings. The van der Waals surface area contributed by atoms with Crippen molar-refractivity contribution in [3.63, 3.8) is 0 Å². The molecule has 0 saturated heterocycles. The van der Waals surface area contributed by atoms with Crippen molar-refractivity contribution in [3.8, 4) is 17.1 Å². The molecule has 1 aromatic heterocycles. The first-order valence-corrected chi connectivity index (χ1v) is 9.80. The molecule has 0 fully saturated rings. The molecule has 0 spiro atoms. The van der Waals surface area contributed by atoms with Gasteiger partial charge in [0, 0.05) is 5.56 Å². The maximum Gasteiger partial charge on any atom is 0.269 e. The molecule has 33 heavy (non-hydrogen) atoms. The second-order valence-electron chi connectivity index (χ2n) is 6.97. The molecule has 0 aliphatic carbocycles. The summed E-state index contributed by atoms with van der Waals surface area (Å²) >= 11 is 0. The quantitative estimate of drug-likeness (QED) is 0.375. The number of nitrogens with one attached hydrogen (secondary N) is 2. The minimum atomic E-state index is -1.65. The lowest BCUT2D eigenvalue weighted by atomic mass is 10.0. The molecule has 0 atom stereocenters. The number of ether oxygens (including phenoxy) is 1. The molecular weight excluding hydrogens is 437 g/mol. The zero-order valence-electron chi connectivity index (χ0n) is 17.2. The number of anilines is 1. The van der Waals surface area contributed by atoms with Gasteiger partial charge in [-0.3, -0.25) is 9.59 Å². The second kappa shape index (κ2) is 8.65. The second-order valence-corrected chi connectivity index (χ2v) is 6.97. The van der Waals surface area contributed by atoms with E-state index in [1.54, 1.807) is 31.2 Å². The Morgan fingerprint density at radius 3 is 2.45 bits per heavy atom. The van der Waals surface area contributed by atoms with Crippen molar-refractivity contribution in [1.29, 1.82) is 0 Å². The first kappa shape index (κ1) is 21.9. The summed E-state index contributed by atoms with van der Waals surface area (Å²) < 4.78 is 46.2. The molecule has 0 bridgehead atoms. The van der Waals surface area contributed by atoms with E-state index in [0.29, 0.717) is 29.9 Å². The number of carbonyl (C=O) groups excluding carboxylic acids is 2. The smallest absolute Gasteiger partial charge is 0.269 e. The topological polar surface area (TPSA) is 110 Å². The summed E-state index contributed by atoms with van der Waals surface area (Å²) in [4.78, 5) is 31.7. The maximum absolute atomic E-state index is 13.7. The van der Waals surface area contributed by atoms with Gasteiger partial charge in [-0.15, -0.1) is 0 Å². The molecule has 0 unspecified atom stereocenters. The zero-order chi connectivity index (χ0) is 23.7. The summed E-state index contributed by atoms with van der Waals surface area (Å²) in [7, 11) is 0. The molecule has 4 N–H and O–H groups in total. The van der Waals surface area contributed by atoms with Crippen LogP contribution in [0.4, 0.5) is 19.0 Å². The number of benzene rings is 3. The minimum absolute atomic E-state index is 0.186. The number of nitrogens with two attached hydrogens (primary N) is 1. The Bertz CT molecular complexity index is 1380. The van der Waals surface area contributed by atoms with Crippen molar-refractivity contribution in [2.75, 3.05) is 11.9 Å². The van der Waals surface area contributed by atoms with Gasteiger partial charge in [0.05, 0.1) is 12.2 Å². The van der Waals surface area contributed by atoms with Crippen LogP contribution in [0.1, 0.15) is 27.8 Å². The highest BCUT2D eigenvalue weighted by molar-refractivity contribution is 6.16. The number of nitrogens with zero attached hydrogens (tertiary/aromatic N) is 1. The van der Waals surface area contributed by atoms with Crippen LogP contribution in [0.3, 0.4) is 0 Å². The summed E-state index contributed by atoms with van der Waals surface area (Å²) in [5.74, 6) is -6.29. The summed E-state index contributed by atoms with van der Waals surface area (Å²) in [6.07, 6.45) is 0. The van der Waals surface area contributed by atoms with E-state index < -0.39 is 29.3 Å². The van der Waals surface area contributed by atoms with E-state index in [2.05, 4.69) is 15.3 Å². The van der Waals surface area contributed by atoms with E-state index in [0.717, 1.165) is 5.39 Å². The van der Waals surface area contributed by atoms with Crippen molar-refractivity contribution < 1.29 is 27.5 Å². The molecular formula is C23H17F3N4O3. The number of rotatable bonds is 6. The average molecular weight is 454 g/mol. The molecule has 7 nitrogen and oxygen atoms in total. The van der Waals surface area contributed by atoms with Crippen LogP contribution in [-0.2, 0) is 0 Å². The van der Waals surface area contributed by atoms with Gasteiger partial charge in [-0.25, -0.2) is 18.2 Å². The van der Waals surface area contributed by atoms with Gasteiger partial charge in [-0.05, 0) is 35.9 Å². The summed E-state index contributed by atoms with van der Waals surface area (Å²) in [6.45, 7) is 2.07. The lowest BCUT2D eigenvalue weighted by Gasteiger charge is -2.13. The Labute approximate surface area is 185 Å². The molecule has 168 valence electrons. The van der Waals surface area contributed by atoms with Crippen molar-refractivity contribution in [3.05, 3.63) is 77.2 Å². The molecule has 0 radical (unpaired) electrons. The van der Waals surface area contributed by atoms with Gasteiger partial charge in [0.15, 0.2) is 23.3 Å². The molecule has 0 aliphatic heterocycles. The van der Waals surface area contributed by atoms with Crippen LogP contribution >= 0.6 is 0 Å². The van der Waals surface area contributed by atoms with Crippen LogP contribution in [0.25, 0.3) is 22.2 Å². The predicted octanol–water partition coefficient (Wildman–Crippen LogP) is 4.40. The van der Waals surface area contributed by atoms with Crippen molar-refractivity contribution in [2.45, 2.75) is 6.92 Å². The fourth-order valence-corrected chi connectivity index (χ4v) is 3.40. The van der Waals surface area contributed by atoms with E-state index in [-0.39, 0.29) is 28.5 Å². The number of hydrogen-bond acceptors (Lipinski definition) is 4. The maximum atomic E-state index is 13.7. The lowest BCUT2D eigenvalue weighted by molar-refractivity contribution is 0.0997. The van der Waals surface area contributed by atoms with Gasteiger partial charge in [0.25, 0.3) is 11.8 Å². The van der Waals surface area contributed by atoms with E-state index in [9.17, 15) is 22.8 Å². The van der Waals surface area contributed by atoms with Crippen LogP contribution < -0.4 is 15.8 Å². The van der Waals surface area contributed by atoms with Gasteiger partial charge in [0.1, 0.15) is 17.3 Å². The summed E-state index contributed by atoms with van der Waals surface area (Å²) in [5, 5.41) is 3.88. The fourth-order valence-electron chi connectivity index (χ4n) is 3.40. The lowest BCUT2D eigenvalue weighted by Crippen LogP contribution is -2.19. The normalized spacial score (nSPS) is 10.9. The first-order chi connectivity index (χ1) is 15.8. The Hall–Kier alpha value is -4.34. The SMILES string of the molecule is CCOc1ccc2ccccc2c1C(=O)Nc1nc(-c2cc(F)c(F)c(F)c2)[nH]c1C(N)=O. The molecule has 2 amide bonds. The number of hydrogen-bond donors (Lipinski definition) is 3. The molecule has 3 aromatic carbocycles. The van der Waals surface area contributed by atoms with Gasteiger partial charge < -0.3 is 20.8 Å². The van der Waals surface area contributed by atoms with Gasteiger partial charge in [0.2, 0.25) is 0 Å². The van der Waals surface area contributed by atoms with E-state index in [1.807, 2.05) is 12.1 Å². The Kier molecular flexibility index (Phi) is 5.74. The Morgan fingerprint density at radius 1 is 1.09 bits per heavy atom. The number of imidazole rings is 1. The number of amides is 2. The molecule has 10 heteroatoms. The van der Waals surface area contributed by atoms with Gasteiger partial charge in [-0.1, -0.05) is 30.3 Å². The first-order valence-electron chi connectivity index (χ1n) is 9.80. The van der Waals surface area contributed by atoms with Crippen LogP contribution in [0, 0.1) is 17.5 Å². The Balaban J connectivity index is 1.78. The molecule has 4 rings (SSSR count). The third-order valence-corrected chi connectivity index (χ3v) is 4.86. The number of H-pyrrole nitrogens is 1. The summed E-state index contributed by atoms with van der Waals surface area (Å²) in [6, 6.07) is 12.0. The average Bonchev–Trinajstić information content (AvgIpc) is 3.21. The van der Waals surface area contributed by atoms with Crippen LogP contribution in [0.5, 0.6) is 5.75 Å². The predicted molar refractivity (Wildman–Crippen MR) is 115 cm³/mol. The van der Waals surface area contributed by atoms with Crippen LogP contribution in [-0.4, -0.2) is 28.4 Å². The van der Waals surface area contributed by atoms with E-state index in [4.69, 9.17) is 10.5 Å². The minimum Gasteiger partial charge on any atom is -0.493 e. The van der Waals surface area contributed by atoms with Crippen molar-refractivity contribution >= 4 is 28.4 Å². The number of carbonyl (C=O) groups is 2. The molecule has 0 saturated carbocycles. The van der Waals surface area contributed by atoms with Gasteiger partial charge >= 0.3 is 0 Å². The highest BCUT2D eigenvalue weighted by Crippen LogP contribution is 2.30. The number of fused-ring (bicyclic) bond motifs is 1. The number of aromatic nitrogens is 2. The summed E-state index contributed by atoms with van der Waals surface area (Å²) in [5.41, 5.74) is 5.09. The third kappa shape index (κ3) is 4.10. The molecule has 1 heterocycles.